The van der Waals surface area contributed by atoms with Crippen molar-refractivity contribution in [1.29, 1.82) is 0 Å². The van der Waals surface area contributed by atoms with Crippen LogP contribution in [0.4, 0.5) is 11.7 Å². The summed E-state index contributed by atoms with van der Waals surface area (Å²) in [5.41, 5.74) is 8.46. The number of aromatic nitrogens is 1. The average molecular weight is 295 g/mol. The van der Waals surface area contributed by atoms with E-state index < -0.39 is 5.63 Å². The van der Waals surface area contributed by atoms with Crippen LogP contribution in [0, 0.1) is 6.92 Å². The predicted molar refractivity (Wildman–Crippen MR) is 88.1 cm³/mol. The molecule has 0 aliphatic heterocycles. The van der Waals surface area contributed by atoms with Crippen molar-refractivity contribution in [3.63, 3.8) is 0 Å². The van der Waals surface area contributed by atoms with Crippen molar-refractivity contribution >= 4 is 22.6 Å². The number of aryl methyl sites for hydroxylation is 1. The quantitative estimate of drug-likeness (QED) is 0.723. The van der Waals surface area contributed by atoms with Gasteiger partial charge in [0.25, 0.3) is 6.01 Å². The Morgan fingerprint density at radius 3 is 2.73 bits per heavy atom. The second kappa shape index (κ2) is 5.89. The molecule has 0 unspecified atom stereocenters. The predicted octanol–water partition coefficient (Wildman–Crippen LogP) is 2.73. The van der Waals surface area contributed by atoms with Crippen molar-refractivity contribution in [3.05, 3.63) is 64.0 Å². The fourth-order valence-corrected chi connectivity index (χ4v) is 2.37. The molecular weight excluding hydrogens is 278 g/mol. The number of nitrogen functional groups attached to an aromatic ring is 1. The Kier molecular flexibility index (Phi) is 3.78. The first-order valence-corrected chi connectivity index (χ1v) is 7.13. The maximum atomic E-state index is 12.1. The Morgan fingerprint density at radius 2 is 1.95 bits per heavy atom. The van der Waals surface area contributed by atoms with Crippen molar-refractivity contribution in [2.75, 3.05) is 17.6 Å². The first kappa shape index (κ1) is 14.1. The van der Waals surface area contributed by atoms with Gasteiger partial charge in [0.05, 0.1) is 10.9 Å². The molecule has 2 aromatic carbocycles. The van der Waals surface area contributed by atoms with Crippen molar-refractivity contribution in [2.24, 2.45) is 0 Å². The molecule has 0 aliphatic rings. The van der Waals surface area contributed by atoms with E-state index in [1.807, 2.05) is 18.2 Å². The van der Waals surface area contributed by atoms with Crippen LogP contribution in [0.5, 0.6) is 0 Å². The molecule has 1 heterocycles. The average Bonchev–Trinajstić information content (AvgIpc) is 2.52. The van der Waals surface area contributed by atoms with Crippen LogP contribution < -0.4 is 16.7 Å². The molecule has 3 aromatic rings. The topological polar surface area (TPSA) is 81.2 Å². The fraction of sp³-hybridized carbons (Fsp3) is 0.176. The molecule has 5 heteroatoms. The Balaban J connectivity index is 1.81. The number of benzene rings is 2. The van der Waals surface area contributed by atoms with Crippen molar-refractivity contribution in [3.8, 4) is 0 Å². The molecule has 0 atom stereocenters. The molecule has 3 rings (SSSR count). The zero-order valence-electron chi connectivity index (χ0n) is 12.3. The summed E-state index contributed by atoms with van der Waals surface area (Å²) in [6.45, 7) is 2.43. The summed E-state index contributed by atoms with van der Waals surface area (Å²) in [5, 5.41) is 3.49. The molecule has 5 nitrogen and oxygen atoms in total. The molecule has 1 aromatic heterocycles. The molecule has 0 bridgehead atoms. The summed E-state index contributed by atoms with van der Waals surface area (Å²) < 4.78 is 5.23. The van der Waals surface area contributed by atoms with Crippen molar-refractivity contribution in [2.45, 2.75) is 13.3 Å². The van der Waals surface area contributed by atoms with Gasteiger partial charge in [0, 0.05) is 12.2 Å². The summed E-state index contributed by atoms with van der Waals surface area (Å²) >= 11 is 0. The van der Waals surface area contributed by atoms with Gasteiger partial charge in [-0.15, -0.1) is 0 Å². The summed E-state index contributed by atoms with van der Waals surface area (Å²) in [5.74, 6) is 0. The van der Waals surface area contributed by atoms with E-state index in [2.05, 4.69) is 22.4 Å². The minimum Gasteiger partial charge on any atom is -0.398 e. The first-order chi connectivity index (χ1) is 10.6. The lowest BCUT2D eigenvalue weighted by Crippen LogP contribution is -2.11. The van der Waals surface area contributed by atoms with E-state index in [0.717, 1.165) is 6.42 Å². The Labute approximate surface area is 127 Å². The molecule has 0 fully saturated rings. The van der Waals surface area contributed by atoms with E-state index in [1.54, 1.807) is 19.1 Å². The van der Waals surface area contributed by atoms with E-state index in [1.165, 1.54) is 5.56 Å². The number of rotatable bonds is 4. The molecule has 22 heavy (non-hydrogen) atoms. The van der Waals surface area contributed by atoms with E-state index in [-0.39, 0.29) is 6.01 Å². The number of hydrogen-bond donors (Lipinski definition) is 2. The monoisotopic (exact) mass is 295 g/mol. The third kappa shape index (κ3) is 2.79. The standard InChI is InChI=1S/C17H17N3O2/c1-11-13(18)7-8-14-15(11)16(21)22-17(20-14)19-10-9-12-5-3-2-4-6-12/h2-8H,9-10,18H2,1H3,(H,19,20). The zero-order chi connectivity index (χ0) is 15.5. The van der Waals surface area contributed by atoms with E-state index in [4.69, 9.17) is 10.2 Å². The van der Waals surface area contributed by atoms with E-state index in [0.29, 0.717) is 28.7 Å². The lowest BCUT2D eigenvalue weighted by molar-refractivity contribution is 0.516. The van der Waals surface area contributed by atoms with Crippen LogP contribution in [0.3, 0.4) is 0 Å². The third-order valence-corrected chi connectivity index (χ3v) is 3.63. The molecule has 3 N–H and O–H groups in total. The van der Waals surface area contributed by atoms with Crippen molar-refractivity contribution < 1.29 is 4.42 Å². The van der Waals surface area contributed by atoms with Gasteiger partial charge in [-0.2, -0.15) is 4.98 Å². The Morgan fingerprint density at radius 1 is 1.18 bits per heavy atom. The zero-order valence-corrected chi connectivity index (χ0v) is 12.3. The highest BCUT2D eigenvalue weighted by Crippen LogP contribution is 2.20. The largest absolute Gasteiger partial charge is 0.398 e. The Hall–Kier alpha value is -2.82. The van der Waals surface area contributed by atoms with Crippen LogP contribution in [0.25, 0.3) is 10.9 Å². The minimum absolute atomic E-state index is 0.234. The third-order valence-electron chi connectivity index (χ3n) is 3.63. The smallest absolute Gasteiger partial charge is 0.348 e. The number of nitrogens with one attached hydrogen (secondary N) is 1. The summed E-state index contributed by atoms with van der Waals surface area (Å²) in [6.07, 6.45) is 0.824. The van der Waals surface area contributed by atoms with Gasteiger partial charge < -0.3 is 15.5 Å². The SMILES string of the molecule is Cc1c(N)ccc2nc(NCCc3ccccc3)oc(=O)c12. The van der Waals surface area contributed by atoms with Gasteiger partial charge in [0.2, 0.25) is 0 Å². The van der Waals surface area contributed by atoms with Gasteiger partial charge >= 0.3 is 5.63 Å². The summed E-state index contributed by atoms with van der Waals surface area (Å²) in [4.78, 5) is 16.4. The van der Waals surface area contributed by atoms with Gasteiger partial charge in [-0.25, -0.2) is 4.79 Å². The van der Waals surface area contributed by atoms with Crippen LogP contribution >= 0.6 is 0 Å². The van der Waals surface area contributed by atoms with E-state index in [9.17, 15) is 4.79 Å². The maximum Gasteiger partial charge on any atom is 0.348 e. The molecule has 0 amide bonds. The lowest BCUT2D eigenvalue weighted by Gasteiger charge is -2.07. The van der Waals surface area contributed by atoms with Crippen LogP contribution in [-0.4, -0.2) is 11.5 Å². The molecular formula is C17H17N3O2. The van der Waals surface area contributed by atoms with Gasteiger partial charge in [0.15, 0.2) is 0 Å². The maximum absolute atomic E-state index is 12.1. The molecule has 0 radical (unpaired) electrons. The lowest BCUT2D eigenvalue weighted by atomic mass is 10.1. The fourth-order valence-electron chi connectivity index (χ4n) is 2.37. The Bertz CT molecular complexity index is 857. The number of nitrogens with zero attached hydrogens (tertiary/aromatic N) is 1. The molecule has 112 valence electrons. The minimum atomic E-state index is -0.419. The number of anilines is 2. The first-order valence-electron chi connectivity index (χ1n) is 7.13. The van der Waals surface area contributed by atoms with E-state index >= 15 is 0 Å². The number of nitrogens with two attached hydrogens (primary N) is 1. The highest BCUT2D eigenvalue weighted by atomic mass is 16.4. The second-order valence-electron chi connectivity index (χ2n) is 5.14. The number of fused-ring (bicyclic) bond motifs is 1. The summed E-state index contributed by atoms with van der Waals surface area (Å²) in [6, 6.07) is 13.8. The van der Waals surface area contributed by atoms with Crippen molar-refractivity contribution in [1.82, 2.24) is 4.98 Å². The molecule has 0 spiro atoms. The van der Waals surface area contributed by atoms with Crippen LogP contribution in [0.1, 0.15) is 11.1 Å². The number of hydrogen-bond acceptors (Lipinski definition) is 5. The van der Waals surface area contributed by atoms with Gasteiger partial charge in [-0.1, -0.05) is 30.3 Å². The highest BCUT2D eigenvalue weighted by molar-refractivity contribution is 5.85. The van der Waals surface area contributed by atoms with Gasteiger partial charge in [0.1, 0.15) is 0 Å². The van der Waals surface area contributed by atoms with Crippen LogP contribution in [0.2, 0.25) is 0 Å². The normalized spacial score (nSPS) is 10.8. The van der Waals surface area contributed by atoms with Crippen LogP contribution in [-0.2, 0) is 6.42 Å². The van der Waals surface area contributed by atoms with Crippen LogP contribution in [0.15, 0.2) is 51.7 Å². The van der Waals surface area contributed by atoms with Gasteiger partial charge in [-0.3, -0.25) is 0 Å². The summed E-state index contributed by atoms with van der Waals surface area (Å²) in [7, 11) is 0. The molecule has 0 saturated carbocycles. The second-order valence-corrected chi connectivity index (χ2v) is 5.14. The molecule has 0 saturated heterocycles. The van der Waals surface area contributed by atoms with Gasteiger partial charge in [-0.05, 0) is 36.6 Å². The molecule has 0 aliphatic carbocycles. The highest BCUT2D eigenvalue weighted by Gasteiger charge is 2.10.